The Morgan fingerprint density at radius 2 is 1.70 bits per heavy atom. The number of alkyl halides is 3. The molecule has 0 saturated heterocycles. The number of amides is 1. The molecule has 0 bridgehead atoms. The zero-order valence-corrected chi connectivity index (χ0v) is 13.0. The molecule has 0 aromatic heterocycles. The highest BCUT2D eigenvalue weighted by molar-refractivity contribution is 6.42. The Balaban J connectivity index is 1.96. The highest BCUT2D eigenvalue weighted by Crippen LogP contribution is 2.25. The molecule has 0 aliphatic rings. The molecule has 0 aliphatic heterocycles. The maximum Gasteiger partial charge on any atom is 0.573 e. The average Bonchev–Trinajstić information content (AvgIpc) is 2.43. The van der Waals surface area contributed by atoms with Crippen molar-refractivity contribution in [3.63, 3.8) is 0 Å². The molecular formula is C15H10Cl2F3NO2. The summed E-state index contributed by atoms with van der Waals surface area (Å²) in [5.74, 6) is -0.701. The molecule has 0 radical (unpaired) electrons. The molecule has 2 aromatic rings. The number of nitrogens with one attached hydrogen (secondary N) is 1. The van der Waals surface area contributed by atoms with E-state index in [4.69, 9.17) is 23.2 Å². The third-order valence-corrected chi connectivity index (χ3v) is 3.46. The molecule has 2 rings (SSSR count). The molecule has 0 unspecified atom stereocenters. The predicted octanol–water partition coefficient (Wildman–Crippen LogP) is 5.07. The van der Waals surface area contributed by atoms with Crippen LogP contribution in [-0.2, 0) is 11.2 Å². The average molecular weight is 364 g/mol. The number of hydrogen-bond acceptors (Lipinski definition) is 2. The summed E-state index contributed by atoms with van der Waals surface area (Å²) in [7, 11) is 0. The Labute approximate surface area is 140 Å². The Morgan fingerprint density at radius 3 is 2.26 bits per heavy atom. The standard InChI is InChI=1S/C15H10Cl2F3NO2/c16-12-6-1-9(7-13(12)17)8-14(22)21-10-2-4-11(5-3-10)23-15(18,19)20/h1-7H,8H2,(H,21,22). The molecule has 0 aliphatic carbocycles. The van der Waals surface area contributed by atoms with Crippen molar-refractivity contribution in [2.75, 3.05) is 5.32 Å². The fourth-order valence-corrected chi connectivity index (χ4v) is 2.10. The molecule has 0 spiro atoms. The number of rotatable bonds is 4. The molecule has 3 nitrogen and oxygen atoms in total. The van der Waals surface area contributed by atoms with Crippen molar-refractivity contribution in [1.29, 1.82) is 0 Å². The summed E-state index contributed by atoms with van der Waals surface area (Å²) >= 11 is 11.6. The second-order valence-electron chi connectivity index (χ2n) is 4.55. The van der Waals surface area contributed by atoms with Crippen LogP contribution in [0.5, 0.6) is 5.75 Å². The normalized spacial score (nSPS) is 11.2. The lowest BCUT2D eigenvalue weighted by Gasteiger charge is -2.10. The van der Waals surface area contributed by atoms with Crippen LogP contribution < -0.4 is 10.1 Å². The quantitative estimate of drug-likeness (QED) is 0.822. The molecule has 0 heterocycles. The Hall–Kier alpha value is -1.92. The van der Waals surface area contributed by atoms with E-state index in [1.165, 1.54) is 12.1 Å². The summed E-state index contributed by atoms with van der Waals surface area (Å²) in [6, 6.07) is 9.67. The van der Waals surface area contributed by atoms with Crippen LogP contribution in [0, 0.1) is 0 Å². The van der Waals surface area contributed by atoms with Gasteiger partial charge in [-0.05, 0) is 42.0 Å². The number of carbonyl (C=O) groups excluding carboxylic acids is 1. The van der Waals surface area contributed by atoms with Gasteiger partial charge in [-0.25, -0.2) is 0 Å². The number of benzene rings is 2. The van der Waals surface area contributed by atoms with E-state index < -0.39 is 6.36 Å². The maximum absolute atomic E-state index is 12.0. The van der Waals surface area contributed by atoms with Gasteiger partial charge in [0.2, 0.25) is 5.91 Å². The van der Waals surface area contributed by atoms with Crippen LogP contribution in [0.25, 0.3) is 0 Å². The number of halogens is 5. The van der Waals surface area contributed by atoms with E-state index in [1.54, 1.807) is 18.2 Å². The zero-order valence-electron chi connectivity index (χ0n) is 11.5. The summed E-state index contributed by atoms with van der Waals surface area (Å²) in [5.41, 5.74) is 1.01. The maximum atomic E-state index is 12.0. The third kappa shape index (κ3) is 5.65. The molecule has 1 N–H and O–H groups in total. The fraction of sp³-hybridized carbons (Fsp3) is 0.133. The van der Waals surface area contributed by atoms with Crippen molar-refractivity contribution in [3.8, 4) is 5.75 Å². The van der Waals surface area contributed by atoms with Gasteiger partial charge in [0.1, 0.15) is 5.75 Å². The second kappa shape index (κ2) is 7.10. The topological polar surface area (TPSA) is 38.3 Å². The molecule has 2 aromatic carbocycles. The molecule has 23 heavy (non-hydrogen) atoms. The minimum absolute atomic E-state index is 0.0533. The van der Waals surface area contributed by atoms with Crippen molar-refractivity contribution in [2.24, 2.45) is 0 Å². The van der Waals surface area contributed by atoms with Gasteiger partial charge in [-0.3, -0.25) is 4.79 Å². The first-order valence-electron chi connectivity index (χ1n) is 6.32. The van der Waals surface area contributed by atoms with Gasteiger partial charge in [-0.2, -0.15) is 0 Å². The van der Waals surface area contributed by atoms with Gasteiger partial charge in [0.05, 0.1) is 16.5 Å². The predicted molar refractivity (Wildman–Crippen MR) is 81.9 cm³/mol. The van der Waals surface area contributed by atoms with Crippen molar-refractivity contribution in [2.45, 2.75) is 12.8 Å². The number of anilines is 1. The molecule has 0 fully saturated rings. The van der Waals surface area contributed by atoms with Gasteiger partial charge >= 0.3 is 6.36 Å². The highest BCUT2D eigenvalue weighted by atomic mass is 35.5. The summed E-state index contributed by atoms with van der Waals surface area (Å²) in [4.78, 5) is 11.9. The third-order valence-electron chi connectivity index (χ3n) is 2.72. The van der Waals surface area contributed by atoms with Crippen LogP contribution in [0.15, 0.2) is 42.5 Å². The number of carbonyl (C=O) groups is 1. The van der Waals surface area contributed by atoms with Crippen LogP contribution in [0.1, 0.15) is 5.56 Å². The van der Waals surface area contributed by atoms with Gasteiger partial charge in [0.25, 0.3) is 0 Å². The summed E-state index contributed by atoms with van der Waals surface area (Å²) in [5, 5.41) is 3.29. The van der Waals surface area contributed by atoms with E-state index in [2.05, 4.69) is 10.1 Å². The highest BCUT2D eigenvalue weighted by Gasteiger charge is 2.30. The van der Waals surface area contributed by atoms with Gasteiger partial charge < -0.3 is 10.1 Å². The van der Waals surface area contributed by atoms with Gasteiger partial charge in [-0.15, -0.1) is 13.2 Å². The van der Waals surface area contributed by atoms with Gasteiger partial charge in [0.15, 0.2) is 0 Å². The van der Waals surface area contributed by atoms with E-state index in [-0.39, 0.29) is 18.1 Å². The minimum atomic E-state index is -4.75. The van der Waals surface area contributed by atoms with Crippen molar-refractivity contribution >= 4 is 34.8 Å². The molecule has 1 amide bonds. The first-order chi connectivity index (χ1) is 10.7. The summed E-state index contributed by atoms with van der Waals surface area (Å²) in [6.45, 7) is 0. The van der Waals surface area contributed by atoms with E-state index in [1.807, 2.05) is 0 Å². The molecule has 0 atom stereocenters. The van der Waals surface area contributed by atoms with Crippen LogP contribution in [-0.4, -0.2) is 12.3 Å². The van der Waals surface area contributed by atoms with Crippen LogP contribution in [0.3, 0.4) is 0 Å². The summed E-state index contributed by atoms with van der Waals surface area (Å²) < 4.78 is 39.9. The minimum Gasteiger partial charge on any atom is -0.406 e. The first-order valence-corrected chi connectivity index (χ1v) is 7.08. The SMILES string of the molecule is O=C(Cc1ccc(Cl)c(Cl)c1)Nc1ccc(OC(F)(F)F)cc1. The van der Waals surface area contributed by atoms with Crippen molar-refractivity contribution in [1.82, 2.24) is 0 Å². The van der Waals surface area contributed by atoms with Crippen molar-refractivity contribution in [3.05, 3.63) is 58.1 Å². The van der Waals surface area contributed by atoms with Crippen LogP contribution in [0.4, 0.5) is 18.9 Å². The van der Waals surface area contributed by atoms with Crippen molar-refractivity contribution < 1.29 is 22.7 Å². The van der Waals surface area contributed by atoms with E-state index in [9.17, 15) is 18.0 Å². The summed E-state index contributed by atoms with van der Waals surface area (Å²) in [6.07, 6.45) is -4.70. The molecule has 8 heteroatoms. The van der Waals surface area contributed by atoms with E-state index >= 15 is 0 Å². The molecular weight excluding hydrogens is 354 g/mol. The number of hydrogen-bond donors (Lipinski definition) is 1. The molecule has 122 valence electrons. The van der Waals surface area contributed by atoms with E-state index in [0.29, 0.717) is 21.3 Å². The Bertz CT molecular complexity index is 703. The first kappa shape index (κ1) is 17.4. The van der Waals surface area contributed by atoms with Gasteiger partial charge in [-0.1, -0.05) is 29.3 Å². The fourth-order valence-electron chi connectivity index (χ4n) is 1.78. The lowest BCUT2D eigenvalue weighted by atomic mass is 10.1. The largest absolute Gasteiger partial charge is 0.573 e. The smallest absolute Gasteiger partial charge is 0.406 e. The molecule has 0 saturated carbocycles. The van der Waals surface area contributed by atoms with Gasteiger partial charge in [0, 0.05) is 5.69 Å². The van der Waals surface area contributed by atoms with Crippen LogP contribution in [0.2, 0.25) is 10.0 Å². The Kier molecular flexibility index (Phi) is 5.38. The zero-order chi connectivity index (χ0) is 17.0. The lowest BCUT2D eigenvalue weighted by Crippen LogP contribution is -2.17. The van der Waals surface area contributed by atoms with Crippen LogP contribution >= 0.6 is 23.2 Å². The lowest BCUT2D eigenvalue weighted by molar-refractivity contribution is -0.274. The second-order valence-corrected chi connectivity index (χ2v) is 5.36. The van der Waals surface area contributed by atoms with E-state index in [0.717, 1.165) is 12.1 Å². The monoisotopic (exact) mass is 363 g/mol. The number of ether oxygens (including phenoxy) is 1. The Morgan fingerprint density at radius 1 is 1.04 bits per heavy atom.